The standard InChI is InChI=1S/C20H27NO5S2/c1-28(24,25)21-5-4-16-2-3-18(27-16)17(22)12-26-19(23)20-9-13-6-14(10-20)8-15(7-13)11-20/h2-3,13-15,21H,4-12H2,1H3. The zero-order valence-corrected chi connectivity index (χ0v) is 17.7. The lowest BCUT2D eigenvalue weighted by Gasteiger charge is -2.55. The molecule has 0 unspecified atom stereocenters. The molecule has 4 saturated carbocycles. The number of ketones is 1. The first-order valence-electron chi connectivity index (χ1n) is 9.96. The second-order valence-electron chi connectivity index (χ2n) is 8.88. The highest BCUT2D eigenvalue weighted by molar-refractivity contribution is 7.88. The van der Waals surface area contributed by atoms with Crippen molar-refractivity contribution in [3.8, 4) is 0 Å². The SMILES string of the molecule is CS(=O)(=O)NCCc1ccc(C(=O)COC(=O)C23CC4CC(CC(C4)C2)C3)s1. The number of sulfonamides is 1. The third-order valence-corrected chi connectivity index (χ3v) is 8.39. The van der Waals surface area contributed by atoms with Crippen molar-refractivity contribution in [3.63, 3.8) is 0 Å². The molecule has 0 radical (unpaired) electrons. The predicted molar refractivity (Wildman–Crippen MR) is 107 cm³/mol. The van der Waals surface area contributed by atoms with E-state index in [1.54, 1.807) is 6.07 Å². The monoisotopic (exact) mass is 425 g/mol. The van der Waals surface area contributed by atoms with E-state index in [9.17, 15) is 18.0 Å². The number of hydrogen-bond acceptors (Lipinski definition) is 6. The molecule has 0 atom stereocenters. The van der Waals surface area contributed by atoms with Crippen LogP contribution in [0.2, 0.25) is 0 Å². The highest BCUT2D eigenvalue weighted by atomic mass is 32.2. The van der Waals surface area contributed by atoms with Crippen molar-refractivity contribution in [2.24, 2.45) is 23.2 Å². The zero-order valence-electron chi connectivity index (χ0n) is 16.1. The number of nitrogens with one attached hydrogen (secondary N) is 1. The molecule has 0 spiro atoms. The minimum atomic E-state index is -3.21. The van der Waals surface area contributed by atoms with Crippen LogP contribution in [-0.4, -0.2) is 39.6 Å². The van der Waals surface area contributed by atoms with Gasteiger partial charge in [0.1, 0.15) is 0 Å². The summed E-state index contributed by atoms with van der Waals surface area (Å²) in [6, 6.07) is 3.55. The zero-order chi connectivity index (χ0) is 19.9. The number of thiophene rings is 1. The maximum absolute atomic E-state index is 12.8. The summed E-state index contributed by atoms with van der Waals surface area (Å²) >= 11 is 1.33. The lowest BCUT2D eigenvalue weighted by atomic mass is 9.49. The Morgan fingerprint density at radius 1 is 1.14 bits per heavy atom. The van der Waals surface area contributed by atoms with Gasteiger partial charge in [0.2, 0.25) is 15.8 Å². The maximum atomic E-state index is 12.8. The van der Waals surface area contributed by atoms with Crippen LogP contribution in [0.15, 0.2) is 12.1 Å². The summed E-state index contributed by atoms with van der Waals surface area (Å²) in [5, 5.41) is 0. The minimum absolute atomic E-state index is 0.172. The van der Waals surface area contributed by atoms with E-state index in [4.69, 9.17) is 4.74 Å². The Kier molecular flexibility index (Phi) is 5.39. The normalized spacial score (nSPS) is 31.1. The molecule has 1 aromatic heterocycles. The summed E-state index contributed by atoms with van der Waals surface area (Å²) in [7, 11) is -3.21. The van der Waals surface area contributed by atoms with Crippen molar-refractivity contribution in [2.45, 2.75) is 44.9 Å². The number of hydrogen-bond donors (Lipinski definition) is 1. The van der Waals surface area contributed by atoms with Crippen molar-refractivity contribution in [1.29, 1.82) is 0 Å². The van der Waals surface area contributed by atoms with Crippen molar-refractivity contribution in [2.75, 3.05) is 19.4 Å². The van der Waals surface area contributed by atoms with Crippen molar-refractivity contribution in [1.82, 2.24) is 4.72 Å². The molecule has 5 rings (SSSR count). The Balaban J connectivity index is 1.29. The van der Waals surface area contributed by atoms with E-state index in [-0.39, 0.29) is 23.8 Å². The first-order valence-corrected chi connectivity index (χ1v) is 12.7. The lowest BCUT2D eigenvalue weighted by Crippen LogP contribution is -2.50. The van der Waals surface area contributed by atoms with Crippen LogP contribution in [0.1, 0.15) is 53.1 Å². The molecule has 0 saturated heterocycles. The molecule has 4 fully saturated rings. The Bertz CT molecular complexity index is 838. The van der Waals surface area contributed by atoms with Gasteiger partial charge in [0.15, 0.2) is 6.61 Å². The van der Waals surface area contributed by atoms with Crippen molar-refractivity contribution in [3.05, 3.63) is 21.9 Å². The molecule has 154 valence electrons. The van der Waals surface area contributed by atoms with Crippen LogP contribution in [0.25, 0.3) is 0 Å². The molecular formula is C20H27NO5S2. The minimum Gasteiger partial charge on any atom is -0.457 e. The third-order valence-electron chi connectivity index (χ3n) is 6.48. The Morgan fingerprint density at radius 2 is 1.75 bits per heavy atom. The molecule has 4 bridgehead atoms. The third kappa shape index (κ3) is 4.33. The van der Waals surface area contributed by atoms with E-state index >= 15 is 0 Å². The van der Waals surface area contributed by atoms with Gasteiger partial charge in [0.25, 0.3) is 0 Å². The average Bonchev–Trinajstić information content (AvgIpc) is 3.06. The smallest absolute Gasteiger partial charge is 0.312 e. The van der Waals surface area contributed by atoms with Crippen LogP contribution in [-0.2, 0) is 26.0 Å². The molecule has 28 heavy (non-hydrogen) atoms. The van der Waals surface area contributed by atoms with Gasteiger partial charge in [-0.25, -0.2) is 13.1 Å². The summed E-state index contributed by atoms with van der Waals surface area (Å²) in [6.07, 6.45) is 8.23. The first-order chi connectivity index (χ1) is 13.2. The van der Waals surface area contributed by atoms with E-state index in [1.165, 1.54) is 30.6 Å². The second kappa shape index (κ2) is 7.54. The maximum Gasteiger partial charge on any atom is 0.312 e. The number of carbonyl (C=O) groups is 2. The van der Waals surface area contributed by atoms with E-state index in [2.05, 4.69) is 4.72 Å². The largest absolute Gasteiger partial charge is 0.457 e. The topological polar surface area (TPSA) is 89.5 Å². The molecule has 0 amide bonds. The van der Waals surface area contributed by atoms with Gasteiger partial charge in [-0.15, -0.1) is 11.3 Å². The van der Waals surface area contributed by atoms with E-state index in [0.29, 0.717) is 35.6 Å². The van der Waals surface area contributed by atoms with E-state index in [1.807, 2.05) is 6.07 Å². The Hall–Kier alpha value is -1.25. The predicted octanol–water partition coefficient (Wildman–Crippen LogP) is 2.78. The Labute approximate surface area is 170 Å². The van der Waals surface area contributed by atoms with Crippen LogP contribution in [0.4, 0.5) is 0 Å². The molecular weight excluding hydrogens is 398 g/mol. The fourth-order valence-corrected chi connectivity index (χ4v) is 7.14. The number of rotatable bonds is 8. The fraction of sp³-hybridized carbons (Fsp3) is 0.700. The van der Waals surface area contributed by atoms with Crippen LogP contribution < -0.4 is 4.72 Å². The summed E-state index contributed by atoms with van der Waals surface area (Å²) in [6.45, 7) is 0.0934. The molecule has 0 aliphatic heterocycles. The fourth-order valence-electron chi connectivity index (χ4n) is 5.74. The highest BCUT2D eigenvalue weighted by Gasteiger charge is 2.55. The summed E-state index contributed by atoms with van der Waals surface area (Å²) in [4.78, 5) is 26.8. The van der Waals surface area contributed by atoms with Gasteiger partial charge in [0.05, 0.1) is 16.5 Å². The van der Waals surface area contributed by atoms with Gasteiger partial charge >= 0.3 is 5.97 Å². The number of Topliss-reactive ketones (excluding diaryl/α,β-unsaturated/α-hetero) is 1. The van der Waals surface area contributed by atoms with E-state index < -0.39 is 10.0 Å². The molecule has 0 aromatic carbocycles. The number of esters is 1. The highest BCUT2D eigenvalue weighted by Crippen LogP contribution is 2.60. The van der Waals surface area contributed by atoms with Crippen molar-refractivity contribution >= 4 is 33.1 Å². The quantitative estimate of drug-likeness (QED) is 0.511. The molecule has 1 heterocycles. The van der Waals surface area contributed by atoms with Gasteiger partial charge in [-0.2, -0.15) is 0 Å². The van der Waals surface area contributed by atoms with Gasteiger partial charge < -0.3 is 4.74 Å². The van der Waals surface area contributed by atoms with Crippen LogP contribution in [0.5, 0.6) is 0 Å². The Morgan fingerprint density at radius 3 is 2.32 bits per heavy atom. The van der Waals surface area contributed by atoms with Crippen LogP contribution >= 0.6 is 11.3 Å². The molecule has 1 N–H and O–H groups in total. The van der Waals surface area contributed by atoms with Crippen molar-refractivity contribution < 1.29 is 22.7 Å². The second-order valence-corrected chi connectivity index (χ2v) is 11.9. The summed E-state index contributed by atoms with van der Waals surface area (Å²) in [5.41, 5.74) is -0.340. The number of carbonyl (C=O) groups excluding carboxylic acids is 2. The summed E-state index contributed by atoms with van der Waals surface area (Å²) in [5.74, 6) is 1.62. The first kappa shape index (κ1) is 20.0. The van der Waals surface area contributed by atoms with Gasteiger partial charge in [0, 0.05) is 11.4 Å². The van der Waals surface area contributed by atoms with Crippen LogP contribution in [0, 0.1) is 23.2 Å². The molecule has 6 nitrogen and oxygen atoms in total. The molecule has 1 aromatic rings. The van der Waals surface area contributed by atoms with Gasteiger partial charge in [-0.05, 0) is 74.8 Å². The number of ether oxygens (including phenoxy) is 1. The molecule has 4 aliphatic carbocycles. The van der Waals surface area contributed by atoms with Gasteiger partial charge in [-0.1, -0.05) is 0 Å². The lowest BCUT2D eigenvalue weighted by molar-refractivity contribution is -0.170. The van der Waals surface area contributed by atoms with Crippen LogP contribution in [0.3, 0.4) is 0 Å². The molecule has 8 heteroatoms. The van der Waals surface area contributed by atoms with E-state index in [0.717, 1.165) is 30.4 Å². The van der Waals surface area contributed by atoms with Gasteiger partial charge in [-0.3, -0.25) is 9.59 Å². The average molecular weight is 426 g/mol. The summed E-state index contributed by atoms with van der Waals surface area (Å²) < 4.78 is 30.1. The molecule has 4 aliphatic rings.